The van der Waals surface area contributed by atoms with E-state index in [1.54, 1.807) is 11.8 Å². The third-order valence-electron chi connectivity index (χ3n) is 6.67. The molecule has 3 nitrogen and oxygen atoms in total. The Morgan fingerprint density at radius 3 is 2.24 bits per heavy atom. The molecule has 0 N–H and O–H groups in total. The van der Waals surface area contributed by atoms with Crippen LogP contribution in [0.15, 0.2) is 114 Å². The summed E-state index contributed by atoms with van der Waals surface area (Å²) in [5.74, 6) is 0.663. The van der Waals surface area contributed by atoms with E-state index in [-0.39, 0.29) is 11.2 Å². The molecule has 0 bridgehead atoms. The second-order valence-electron chi connectivity index (χ2n) is 8.57. The number of hydrogen-bond donors (Lipinski definition) is 0. The van der Waals surface area contributed by atoms with Crippen molar-refractivity contribution in [1.29, 1.82) is 0 Å². The number of ether oxygens (including phenoxy) is 1. The molecule has 0 saturated carbocycles. The number of rotatable bonds is 4. The molecule has 0 radical (unpaired) electrons. The zero-order valence-electron chi connectivity index (χ0n) is 18.3. The fourth-order valence-corrected chi connectivity index (χ4v) is 6.88. The summed E-state index contributed by atoms with van der Waals surface area (Å²) < 4.78 is 6.44. The molecule has 3 atom stereocenters. The molecule has 1 fully saturated rings. The maximum Gasteiger partial charge on any atom is 0.271 e. The zero-order valence-corrected chi connectivity index (χ0v) is 19.9. The van der Waals surface area contributed by atoms with Gasteiger partial charge >= 0.3 is 0 Å². The van der Waals surface area contributed by atoms with Crippen molar-refractivity contribution < 1.29 is 9.53 Å². The van der Waals surface area contributed by atoms with Crippen molar-refractivity contribution in [2.75, 3.05) is 4.90 Å². The second-order valence-corrected chi connectivity index (χ2v) is 10.2. The van der Waals surface area contributed by atoms with Gasteiger partial charge in [-0.2, -0.15) is 0 Å². The molecular formula is C29H22ClNO2S. The van der Waals surface area contributed by atoms with Gasteiger partial charge in [0.05, 0.1) is 5.69 Å². The normalized spacial score (nSPS) is 23.3. The fraction of sp³-hybridized carbons (Fsp3) is 0.138. The van der Waals surface area contributed by atoms with Gasteiger partial charge in [-0.25, -0.2) is 0 Å². The van der Waals surface area contributed by atoms with Gasteiger partial charge in [0.1, 0.15) is 11.3 Å². The number of carbonyl (C=O) groups excluding carboxylic acids is 1. The minimum absolute atomic E-state index is 0.0273. The quantitative estimate of drug-likeness (QED) is 0.286. The first-order valence-electron chi connectivity index (χ1n) is 11.3. The Kier molecular flexibility index (Phi) is 5.35. The molecule has 4 aromatic carbocycles. The lowest BCUT2D eigenvalue weighted by molar-refractivity contribution is -0.142. The highest BCUT2D eigenvalue weighted by Gasteiger charge is 2.65. The number of halogens is 1. The summed E-state index contributed by atoms with van der Waals surface area (Å²) in [6.07, 6.45) is 0.0256. The van der Waals surface area contributed by atoms with Crippen LogP contribution < -0.4 is 9.64 Å². The van der Waals surface area contributed by atoms with E-state index in [0.29, 0.717) is 12.2 Å². The number of anilines is 1. The van der Waals surface area contributed by atoms with Crippen molar-refractivity contribution in [3.8, 4) is 5.75 Å². The van der Waals surface area contributed by atoms with E-state index < -0.39 is 11.6 Å². The lowest BCUT2D eigenvalue weighted by Crippen LogP contribution is -2.74. The number of para-hydroxylation sites is 2. The highest BCUT2D eigenvalue weighted by Crippen LogP contribution is 2.60. The Labute approximate surface area is 208 Å². The van der Waals surface area contributed by atoms with Crippen molar-refractivity contribution in [1.82, 2.24) is 0 Å². The van der Waals surface area contributed by atoms with Crippen LogP contribution in [0.5, 0.6) is 5.75 Å². The maximum absolute atomic E-state index is 13.8. The summed E-state index contributed by atoms with van der Waals surface area (Å²) in [7, 11) is 0. The van der Waals surface area contributed by atoms with Crippen LogP contribution >= 0.6 is 23.4 Å². The van der Waals surface area contributed by atoms with Gasteiger partial charge in [0, 0.05) is 15.2 Å². The smallest absolute Gasteiger partial charge is 0.271 e. The molecule has 4 aromatic rings. The average Bonchev–Trinajstić information content (AvgIpc) is 3.02. The fourth-order valence-electron chi connectivity index (χ4n) is 5.14. The number of benzene rings is 4. The third-order valence-corrected chi connectivity index (χ3v) is 8.32. The van der Waals surface area contributed by atoms with Gasteiger partial charge in [0.2, 0.25) is 6.10 Å². The number of β-lactam (4-membered cyclic amide) rings is 1. The SMILES string of the molecule is O=C1C(Oc2ccccc2)C2(c3ccccc3)CC(c3ccccc3Cl)Sc3ccccc3N12. The molecule has 0 aliphatic carbocycles. The lowest BCUT2D eigenvalue weighted by atomic mass is 9.70. The molecule has 168 valence electrons. The van der Waals surface area contributed by atoms with Crippen molar-refractivity contribution in [2.24, 2.45) is 0 Å². The van der Waals surface area contributed by atoms with Crippen LogP contribution in [0.4, 0.5) is 5.69 Å². The number of thioether (sulfide) groups is 1. The van der Waals surface area contributed by atoms with Crippen LogP contribution in [0.1, 0.15) is 22.8 Å². The Bertz CT molecular complexity index is 1350. The van der Waals surface area contributed by atoms with E-state index in [0.717, 1.165) is 26.7 Å². The number of amides is 1. The first-order chi connectivity index (χ1) is 16.7. The number of hydrogen-bond acceptors (Lipinski definition) is 3. The van der Waals surface area contributed by atoms with Crippen molar-refractivity contribution in [3.05, 3.63) is 125 Å². The summed E-state index contributed by atoms with van der Waals surface area (Å²) in [4.78, 5) is 16.8. The summed E-state index contributed by atoms with van der Waals surface area (Å²) in [5.41, 5.74) is 2.38. The molecule has 0 spiro atoms. The van der Waals surface area contributed by atoms with Crippen molar-refractivity contribution in [3.63, 3.8) is 0 Å². The lowest BCUT2D eigenvalue weighted by Gasteiger charge is -2.57. The predicted molar refractivity (Wildman–Crippen MR) is 138 cm³/mol. The average molecular weight is 484 g/mol. The molecule has 2 heterocycles. The first-order valence-corrected chi connectivity index (χ1v) is 12.6. The maximum atomic E-state index is 13.8. The number of nitrogens with zero attached hydrogens (tertiary/aromatic N) is 1. The predicted octanol–water partition coefficient (Wildman–Crippen LogP) is 7.27. The highest BCUT2D eigenvalue weighted by atomic mass is 35.5. The van der Waals surface area contributed by atoms with Crippen molar-refractivity contribution in [2.45, 2.75) is 28.2 Å². The number of fused-ring (bicyclic) bond motifs is 3. The summed E-state index contributed by atoms with van der Waals surface area (Å²) in [6, 6.07) is 36.0. The van der Waals surface area contributed by atoms with Gasteiger partial charge < -0.3 is 4.74 Å². The Balaban J connectivity index is 1.56. The van der Waals surface area contributed by atoms with E-state index in [2.05, 4.69) is 24.3 Å². The van der Waals surface area contributed by atoms with Gasteiger partial charge in [-0.1, -0.05) is 90.5 Å². The van der Waals surface area contributed by atoms with Crippen LogP contribution in [0, 0.1) is 0 Å². The van der Waals surface area contributed by atoms with Gasteiger partial charge in [-0.3, -0.25) is 9.69 Å². The molecular weight excluding hydrogens is 462 g/mol. The Morgan fingerprint density at radius 2 is 1.47 bits per heavy atom. The standard InChI is InChI=1S/C29H22ClNO2S/c30-23-16-8-7-15-22(23)26-19-29(20-11-3-1-4-12-20)27(33-21-13-5-2-6-14-21)28(32)31(29)24-17-9-10-18-25(24)34-26/h1-18,26-27H,19H2. The topological polar surface area (TPSA) is 29.5 Å². The summed E-state index contributed by atoms with van der Waals surface area (Å²) in [6.45, 7) is 0. The zero-order chi connectivity index (χ0) is 23.1. The van der Waals surface area contributed by atoms with Crippen LogP contribution in [0.2, 0.25) is 5.02 Å². The molecule has 2 aliphatic heterocycles. The number of carbonyl (C=O) groups is 1. The van der Waals surface area contributed by atoms with Gasteiger partial charge in [-0.05, 0) is 47.9 Å². The van der Waals surface area contributed by atoms with E-state index in [4.69, 9.17) is 16.3 Å². The third kappa shape index (κ3) is 3.32. The minimum atomic E-state index is -0.669. The highest BCUT2D eigenvalue weighted by molar-refractivity contribution is 7.99. The van der Waals surface area contributed by atoms with E-state index >= 15 is 0 Å². The second kappa shape index (κ2) is 8.53. The summed E-state index contributed by atoms with van der Waals surface area (Å²) >= 11 is 8.46. The molecule has 1 saturated heterocycles. The van der Waals surface area contributed by atoms with Crippen LogP contribution in [-0.2, 0) is 10.3 Å². The molecule has 5 heteroatoms. The van der Waals surface area contributed by atoms with E-state index in [1.807, 2.05) is 89.8 Å². The Hall–Kier alpha value is -3.21. The minimum Gasteiger partial charge on any atom is -0.478 e. The van der Waals surface area contributed by atoms with Gasteiger partial charge in [0.25, 0.3) is 5.91 Å². The van der Waals surface area contributed by atoms with E-state index in [1.165, 1.54) is 0 Å². The van der Waals surface area contributed by atoms with Crippen LogP contribution in [-0.4, -0.2) is 12.0 Å². The first kappa shape index (κ1) is 21.3. The van der Waals surface area contributed by atoms with Gasteiger partial charge in [0.15, 0.2) is 0 Å². The van der Waals surface area contributed by atoms with Gasteiger partial charge in [-0.15, -0.1) is 11.8 Å². The molecule has 0 aromatic heterocycles. The van der Waals surface area contributed by atoms with E-state index in [9.17, 15) is 4.79 Å². The van der Waals surface area contributed by atoms with Crippen LogP contribution in [0.3, 0.4) is 0 Å². The largest absolute Gasteiger partial charge is 0.478 e. The molecule has 34 heavy (non-hydrogen) atoms. The molecule has 2 aliphatic rings. The monoisotopic (exact) mass is 483 g/mol. The van der Waals surface area contributed by atoms with Crippen LogP contribution in [0.25, 0.3) is 0 Å². The molecule has 6 rings (SSSR count). The molecule has 3 unspecified atom stereocenters. The van der Waals surface area contributed by atoms with Crippen molar-refractivity contribution >= 4 is 35.0 Å². The molecule has 1 amide bonds. The Morgan fingerprint density at radius 1 is 0.824 bits per heavy atom. The summed E-state index contributed by atoms with van der Waals surface area (Å²) in [5, 5.41) is 0.773.